The number of halogens is 1. The molecule has 0 saturated carbocycles. The molecule has 2 aromatic carbocycles. The molecule has 0 aromatic heterocycles. The van der Waals surface area contributed by atoms with Crippen molar-refractivity contribution in [2.75, 3.05) is 13.1 Å². The SMILES string of the molecule is Cc1cccc(C(=O)NC(C(=O)NCCNC(=O)c2ccccc2F)C(C)C)c1. The highest BCUT2D eigenvalue weighted by atomic mass is 19.1. The Hall–Kier alpha value is -3.22. The quantitative estimate of drug-likeness (QED) is 0.596. The lowest BCUT2D eigenvalue weighted by molar-refractivity contribution is -0.123. The van der Waals surface area contributed by atoms with E-state index in [1.54, 1.807) is 24.3 Å². The Labute approximate surface area is 169 Å². The standard InChI is InChI=1S/C22H26FN3O3/c1-14(2)19(26-20(27)16-8-6-7-15(3)13-16)22(29)25-12-11-24-21(28)17-9-4-5-10-18(17)23/h4-10,13-14,19H,11-12H2,1-3H3,(H,24,28)(H,25,29)(H,26,27). The topological polar surface area (TPSA) is 87.3 Å². The second kappa shape index (κ2) is 10.4. The molecular weight excluding hydrogens is 373 g/mol. The summed E-state index contributed by atoms with van der Waals surface area (Å²) in [6.07, 6.45) is 0. The number of benzene rings is 2. The molecule has 0 fully saturated rings. The number of aryl methyl sites for hydroxylation is 1. The van der Waals surface area contributed by atoms with Gasteiger partial charge in [-0.15, -0.1) is 0 Å². The van der Waals surface area contributed by atoms with E-state index in [0.717, 1.165) is 5.56 Å². The first-order valence-electron chi connectivity index (χ1n) is 9.47. The maximum Gasteiger partial charge on any atom is 0.254 e. The molecule has 7 heteroatoms. The number of hydrogen-bond acceptors (Lipinski definition) is 3. The van der Waals surface area contributed by atoms with E-state index in [9.17, 15) is 18.8 Å². The third-order valence-corrected chi connectivity index (χ3v) is 4.34. The third-order valence-electron chi connectivity index (χ3n) is 4.34. The van der Waals surface area contributed by atoms with Crippen molar-refractivity contribution in [2.45, 2.75) is 26.8 Å². The van der Waals surface area contributed by atoms with Gasteiger partial charge in [0.05, 0.1) is 5.56 Å². The van der Waals surface area contributed by atoms with Crippen LogP contribution in [-0.4, -0.2) is 36.9 Å². The Morgan fingerprint density at radius 1 is 0.931 bits per heavy atom. The second-order valence-electron chi connectivity index (χ2n) is 7.09. The summed E-state index contributed by atoms with van der Waals surface area (Å²) in [7, 11) is 0. The third kappa shape index (κ3) is 6.41. The lowest BCUT2D eigenvalue weighted by atomic mass is 10.0. The largest absolute Gasteiger partial charge is 0.353 e. The molecule has 2 rings (SSSR count). The van der Waals surface area contributed by atoms with Crippen molar-refractivity contribution >= 4 is 17.7 Å². The van der Waals surface area contributed by atoms with E-state index >= 15 is 0 Å². The molecule has 0 aliphatic heterocycles. The van der Waals surface area contributed by atoms with Crippen LogP contribution in [0.5, 0.6) is 0 Å². The van der Waals surface area contributed by atoms with E-state index in [4.69, 9.17) is 0 Å². The molecule has 0 bridgehead atoms. The van der Waals surface area contributed by atoms with E-state index in [-0.39, 0.29) is 36.4 Å². The lowest BCUT2D eigenvalue weighted by Crippen LogP contribution is -2.50. The monoisotopic (exact) mass is 399 g/mol. The summed E-state index contributed by atoms with van der Waals surface area (Å²) in [5.74, 6) is -1.95. The van der Waals surface area contributed by atoms with E-state index in [2.05, 4.69) is 16.0 Å². The Balaban J connectivity index is 1.85. The van der Waals surface area contributed by atoms with Crippen LogP contribution in [0.3, 0.4) is 0 Å². The molecule has 3 N–H and O–H groups in total. The lowest BCUT2D eigenvalue weighted by Gasteiger charge is -2.22. The minimum absolute atomic E-state index is 0.0516. The van der Waals surface area contributed by atoms with Crippen molar-refractivity contribution < 1.29 is 18.8 Å². The predicted octanol–water partition coefficient (Wildman–Crippen LogP) is 2.43. The van der Waals surface area contributed by atoms with E-state index in [1.165, 1.54) is 18.2 Å². The van der Waals surface area contributed by atoms with Crippen LogP contribution in [0.25, 0.3) is 0 Å². The summed E-state index contributed by atoms with van der Waals surface area (Å²) < 4.78 is 13.6. The van der Waals surface area contributed by atoms with Gasteiger partial charge in [-0.05, 0) is 37.1 Å². The van der Waals surface area contributed by atoms with Crippen molar-refractivity contribution in [3.05, 3.63) is 71.0 Å². The van der Waals surface area contributed by atoms with Crippen molar-refractivity contribution in [1.29, 1.82) is 0 Å². The number of hydrogen-bond donors (Lipinski definition) is 3. The highest BCUT2D eigenvalue weighted by Gasteiger charge is 2.24. The fraction of sp³-hybridized carbons (Fsp3) is 0.318. The Bertz CT molecular complexity index is 883. The highest BCUT2D eigenvalue weighted by molar-refractivity contribution is 5.97. The summed E-state index contributed by atoms with van der Waals surface area (Å²) in [6, 6.07) is 12.1. The van der Waals surface area contributed by atoms with Gasteiger partial charge in [0.25, 0.3) is 11.8 Å². The van der Waals surface area contributed by atoms with Gasteiger partial charge in [-0.3, -0.25) is 14.4 Å². The van der Waals surface area contributed by atoms with Crippen LogP contribution in [-0.2, 0) is 4.79 Å². The van der Waals surface area contributed by atoms with E-state index in [0.29, 0.717) is 5.56 Å². The predicted molar refractivity (Wildman–Crippen MR) is 109 cm³/mol. The summed E-state index contributed by atoms with van der Waals surface area (Å²) in [5.41, 5.74) is 1.39. The number of carbonyl (C=O) groups is 3. The summed E-state index contributed by atoms with van der Waals surface area (Å²) in [5, 5.41) is 8.00. The van der Waals surface area contributed by atoms with E-state index < -0.39 is 17.8 Å². The smallest absolute Gasteiger partial charge is 0.254 e. The maximum atomic E-state index is 13.6. The van der Waals surface area contributed by atoms with Gasteiger partial charge in [0.15, 0.2) is 0 Å². The van der Waals surface area contributed by atoms with Gasteiger partial charge in [0.1, 0.15) is 11.9 Å². The number of carbonyl (C=O) groups excluding carboxylic acids is 3. The molecule has 29 heavy (non-hydrogen) atoms. The summed E-state index contributed by atoms with van der Waals surface area (Å²) in [4.78, 5) is 36.9. The molecule has 0 aliphatic carbocycles. The van der Waals surface area contributed by atoms with Gasteiger partial charge in [0, 0.05) is 18.7 Å². The average molecular weight is 399 g/mol. The Kier molecular flexibility index (Phi) is 7.88. The fourth-order valence-electron chi connectivity index (χ4n) is 2.76. The molecule has 0 aliphatic rings. The second-order valence-corrected chi connectivity index (χ2v) is 7.09. The molecule has 3 amide bonds. The Morgan fingerprint density at radius 2 is 1.62 bits per heavy atom. The zero-order chi connectivity index (χ0) is 21.4. The Morgan fingerprint density at radius 3 is 2.28 bits per heavy atom. The highest BCUT2D eigenvalue weighted by Crippen LogP contribution is 2.08. The van der Waals surface area contributed by atoms with Crippen LogP contribution in [0.1, 0.15) is 40.1 Å². The van der Waals surface area contributed by atoms with Crippen LogP contribution in [0.4, 0.5) is 4.39 Å². The van der Waals surface area contributed by atoms with Crippen molar-refractivity contribution in [3.8, 4) is 0 Å². The molecule has 1 atom stereocenters. The van der Waals surface area contributed by atoms with Gasteiger partial charge in [0.2, 0.25) is 5.91 Å². The van der Waals surface area contributed by atoms with Crippen LogP contribution in [0.2, 0.25) is 0 Å². The minimum atomic E-state index is -0.717. The minimum Gasteiger partial charge on any atom is -0.353 e. The zero-order valence-electron chi connectivity index (χ0n) is 16.8. The molecule has 0 spiro atoms. The number of rotatable bonds is 8. The van der Waals surface area contributed by atoms with Crippen LogP contribution < -0.4 is 16.0 Å². The van der Waals surface area contributed by atoms with Crippen molar-refractivity contribution in [1.82, 2.24) is 16.0 Å². The average Bonchev–Trinajstić information content (AvgIpc) is 2.69. The molecule has 0 saturated heterocycles. The van der Waals surface area contributed by atoms with E-state index in [1.807, 2.05) is 26.8 Å². The van der Waals surface area contributed by atoms with Gasteiger partial charge >= 0.3 is 0 Å². The fourth-order valence-corrected chi connectivity index (χ4v) is 2.76. The van der Waals surface area contributed by atoms with Crippen LogP contribution in [0, 0.1) is 18.7 Å². The van der Waals surface area contributed by atoms with Gasteiger partial charge in [-0.1, -0.05) is 43.7 Å². The maximum absolute atomic E-state index is 13.6. The summed E-state index contributed by atoms with van der Waals surface area (Å²) in [6.45, 7) is 5.85. The molecule has 0 radical (unpaired) electrons. The van der Waals surface area contributed by atoms with Gasteiger partial charge < -0.3 is 16.0 Å². The van der Waals surface area contributed by atoms with Crippen LogP contribution in [0.15, 0.2) is 48.5 Å². The first-order valence-corrected chi connectivity index (χ1v) is 9.47. The molecule has 6 nitrogen and oxygen atoms in total. The summed E-state index contributed by atoms with van der Waals surface area (Å²) >= 11 is 0. The zero-order valence-corrected chi connectivity index (χ0v) is 16.8. The molecule has 2 aromatic rings. The molecular formula is C22H26FN3O3. The molecule has 154 valence electrons. The van der Waals surface area contributed by atoms with Crippen molar-refractivity contribution in [3.63, 3.8) is 0 Å². The van der Waals surface area contributed by atoms with Gasteiger partial charge in [-0.2, -0.15) is 0 Å². The van der Waals surface area contributed by atoms with Crippen molar-refractivity contribution in [2.24, 2.45) is 5.92 Å². The first kappa shape index (κ1) is 22.1. The molecule has 0 heterocycles. The first-order chi connectivity index (χ1) is 13.8. The molecule has 1 unspecified atom stereocenters. The van der Waals surface area contributed by atoms with Crippen LogP contribution >= 0.6 is 0 Å². The van der Waals surface area contributed by atoms with Gasteiger partial charge in [-0.25, -0.2) is 4.39 Å². The normalized spacial score (nSPS) is 11.6. The number of nitrogens with one attached hydrogen (secondary N) is 3. The number of amides is 3.